The molecule has 1 aliphatic heterocycles. The highest BCUT2D eigenvalue weighted by atomic mass is 79.9. The number of H-pyrrole nitrogens is 1. The molecule has 3 rings (SSSR count). The average Bonchev–Trinajstić information content (AvgIpc) is 2.97. The van der Waals surface area contributed by atoms with E-state index in [0.717, 1.165) is 28.2 Å². The Balaban J connectivity index is 1.75. The molecule has 2 aromatic rings. The van der Waals surface area contributed by atoms with Crippen molar-refractivity contribution in [2.75, 3.05) is 18.8 Å². The first-order valence-corrected chi connectivity index (χ1v) is 10.4. The predicted molar refractivity (Wildman–Crippen MR) is 97.5 cm³/mol. The van der Waals surface area contributed by atoms with Gasteiger partial charge in [-0.05, 0) is 38.0 Å². The molecule has 0 radical (unpaired) electrons. The molecule has 1 aromatic carbocycles. The van der Waals surface area contributed by atoms with E-state index in [1.165, 1.54) is 0 Å². The highest BCUT2D eigenvalue weighted by Crippen LogP contribution is 2.22. The zero-order chi connectivity index (χ0) is 17.3. The molecule has 2 heterocycles. The molecular formula is C16H20BrN3O3S. The summed E-state index contributed by atoms with van der Waals surface area (Å²) < 4.78 is 27.1. The summed E-state index contributed by atoms with van der Waals surface area (Å²) in [4.78, 5) is 17.6. The number of piperidine rings is 1. The van der Waals surface area contributed by atoms with Crippen LogP contribution in [0.2, 0.25) is 0 Å². The number of nitrogens with zero attached hydrogens (tertiary/aromatic N) is 1. The highest BCUT2D eigenvalue weighted by Gasteiger charge is 2.27. The van der Waals surface area contributed by atoms with E-state index in [2.05, 4.69) is 25.6 Å². The van der Waals surface area contributed by atoms with Crippen molar-refractivity contribution in [3.63, 3.8) is 0 Å². The standard InChI is InChI=1S/C16H20BrN3O3S/c1-2-24(22,23)19-13-4-3-7-20(10-13)16(21)15-8-11-5-6-12(17)9-14(11)18-15/h5-6,8-9,13,18-19H,2-4,7,10H2,1H3/t13-/m1/s1. The van der Waals surface area contributed by atoms with Crippen molar-refractivity contribution in [3.05, 3.63) is 34.4 Å². The topological polar surface area (TPSA) is 82.3 Å². The molecule has 0 saturated carbocycles. The summed E-state index contributed by atoms with van der Waals surface area (Å²) in [5.74, 6) is -0.0448. The molecule has 6 nitrogen and oxygen atoms in total. The van der Waals surface area contributed by atoms with Crippen LogP contribution in [-0.4, -0.2) is 49.1 Å². The number of hydrogen-bond acceptors (Lipinski definition) is 3. The Morgan fingerprint density at radius 2 is 2.21 bits per heavy atom. The molecule has 8 heteroatoms. The molecule has 0 unspecified atom stereocenters. The van der Waals surface area contributed by atoms with Crippen LogP contribution in [0, 0.1) is 0 Å². The van der Waals surface area contributed by atoms with Crippen molar-refractivity contribution in [1.29, 1.82) is 0 Å². The Hall–Kier alpha value is -1.38. The number of benzene rings is 1. The quantitative estimate of drug-likeness (QED) is 0.807. The summed E-state index contributed by atoms with van der Waals surface area (Å²) in [5, 5.41) is 0.974. The molecule has 1 aliphatic rings. The minimum atomic E-state index is -3.26. The first kappa shape index (κ1) is 17.4. The lowest BCUT2D eigenvalue weighted by Gasteiger charge is -2.32. The fourth-order valence-electron chi connectivity index (χ4n) is 2.98. The molecular weight excluding hydrogens is 394 g/mol. The summed E-state index contributed by atoms with van der Waals surface area (Å²) >= 11 is 3.42. The third-order valence-electron chi connectivity index (χ3n) is 4.25. The molecule has 0 spiro atoms. The van der Waals surface area contributed by atoms with E-state index in [1.807, 2.05) is 24.3 Å². The van der Waals surface area contributed by atoms with Crippen molar-refractivity contribution >= 4 is 42.8 Å². The summed E-state index contributed by atoms with van der Waals surface area (Å²) in [6.45, 7) is 2.65. The Morgan fingerprint density at radius 3 is 2.96 bits per heavy atom. The largest absolute Gasteiger partial charge is 0.350 e. The van der Waals surface area contributed by atoms with Crippen LogP contribution in [0.4, 0.5) is 0 Å². The number of nitrogens with one attached hydrogen (secondary N) is 2. The number of aromatic nitrogens is 1. The molecule has 130 valence electrons. The van der Waals surface area contributed by atoms with Gasteiger partial charge in [0.15, 0.2) is 0 Å². The normalized spacial score (nSPS) is 18.9. The monoisotopic (exact) mass is 413 g/mol. The van der Waals surface area contributed by atoms with Gasteiger partial charge in [-0.1, -0.05) is 22.0 Å². The average molecular weight is 414 g/mol. The molecule has 1 aromatic heterocycles. The maximum absolute atomic E-state index is 12.7. The fourth-order valence-corrected chi connectivity index (χ4v) is 4.21. The maximum Gasteiger partial charge on any atom is 0.270 e. The van der Waals surface area contributed by atoms with Gasteiger partial charge < -0.3 is 9.88 Å². The smallest absolute Gasteiger partial charge is 0.270 e. The summed E-state index contributed by atoms with van der Waals surface area (Å²) in [5.41, 5.74) is 1.43. The van der Waals surface area contributed by atoms with Crippen LogP contribution in [0.25, 0.3) is 10.9 Å². The van der Waals surface area contributed by atoms with E-state index < -0.39 is 10.0 Å². The summed E-state index contributed by atoms with van der Waals surface area (Å²) in [6, 6.07) is 7.43. The van der Waals surface area contributed by atoms with E-state index in [4.69, 9.17) is 0 Å². The third-order valence-corrected chi connectivity index (χ3v) is 6.20. The number of amides is 1. The number of halogens is 1. The highest BCUT2D eigenvalue weighted by molar-refractivity contribution is 9.10. The second kappa shape index (κ2) is 6.85. The van der Waals surface area contributed by atoms with E-state index in [-0.39, 0.29) is 17.7 Å². The van der Waals surface area contributed by atoms with Gasteiger partial charge in [0.1, 0.15) is 5.69 Å². The summed E-state index contributed by atoms with van der Waals surface area (Å²) in [6.07, 6.45) is 1.54. The van der Waals surface area contributed by atoms with Crippen molar-refractivity contribution in [3.8, 4) is 0 Å². The predicted octanol–water partition coefficient (Wildman–Crippen LogP) is 2.47. The molecule has 1 fully saturated rings. The first-order chi connectivity index (χ1) is 11.4. The van der Waals surface area contributed by atoms with Gasteiger partial charge in [-0.2, -0.15) is 0 Å². The second-order valence-electron chi connectivity index (χ2n) is 6.03. The van der Waals surface area contributed by atoms with Crippen LogP contribution >= 0.6 is 15.9 Å². The number of carbonyl (C=O) groups is 1. The van der Waals surface area contributed by atoms with Crippen LogP contribution < -0.4 is 4.72 Å². The van der Waals surface area contributed by atoms with Crippen molar-refractivity contribution in [1.82, 2.24) is 14.6 Å². The minimum Gasteiger partial charge on any atom is -0.350 e. The van der Waals surface area contributed by atoms with Gasteiger partial charge in [0.25, 0.3) is 5.91 Å². The number of carbonyl (C=O) groups excluding carboxylic acids is 1. The van der Waals surface area contributed by atoms with Gasteiger partial charge in [-0.3, -0.25) is 4.79 Å². The molecule has 1 saturated heterocycles. The second-order valence-corrected chi connectivity index (χ2v) is 8.98. The Kier molecular flexibility index (Phi) is 4.98. The number of likely N-dealkylation sites (tertiary alicyclic amines) is 1. The van der Waals surface area contributed by atoms with Gasteiger partial charge in [0, 0.05) is 34.5 Å². The van der Waals surface area contributed by atoms with E-state index in [9.17, 15) is 13.2 Å². The molecule has 1 atom stereocenters. The number of rotatable bonds is 4. The summed E-state index contributed by atoms with van der Waals surface area (Å²) in [7, 11) is -3.26. The Bertz CT molecular complexity index is 863. The maximum atomic E-state index is 12.7. The molecule has 24 heavy (non-hydrogen) atoms. The number of sulfonamides is 1. The molecule has 1 amide bonds. The fraction of sp³-hybridized carbons (Fsp3) is 0.438. The lowest BCUT2D eigenvalue weighted by atomic mass is 10.1. The SMILES string of the molecule is CCS(=O)(=O)N[C@@H]1CCCN(C(=O)c2cc3ccc(Br)cc3[nH]2)C1. The van der Waals surface area contributed by atoms with Gasteiger partial charge >= 0.3 is 0 Å². The zero-order valence-electron chi connectivity index (χ0n) is 13.4. The number of aromatic amines is 1. The number of fused-ring (bicyclic) bond motifs is 1. The van der Waals surface area contributed by atoms with Crippen LogP contribution in [0.1, 0.15) is 30.3 Å². The van der Waals surface area contributed by atoms with Gasteiger partial charge in [0.2, 0.25) is 10.0 Å². The van der Waals surface area contributed by atoms with Gasteiger partial charge in [-0.25, -0.2) is 13.1 Å². The third kappa shape index (κ3) is 3.81. The van der Waals surface area contributed by atoms with E-state index in [0.29, 0.717) is 18.8 Å². The first-order valence-electron chi connectivity index (χ1n) is 7.95. The van der Waals surface area contributed by atoms with Gasteiger partial charge in [-0.15, -0.1) is 0 Å². The van der Waals surface area contributed by atoms with E-state index in [1.54, 1.807) is 11.8 Å². The van der Waals surface area contributed by atoms with Crippen molar-refractivity contribution in [2.45, 2.75) is 25.8 Å². The lowest BCUT2D eigenvalue weighted by molar-refractivity contribution is 0.0698. The lowest BCUT2D eigenvalue weighted by Crippen LogP contribution is -2.49. The van der Waals surface area contributed by atoms with Crippen molar-refractivity contribution < 1.29 is 13.2 Å². The van der Waals surface area contributed by atoms with Crippen LogP contribution in [0.15, 0.2) is 28.7 Å². The Morgan fingerprint density at radius 1 is 1.42 bits per heavy atom. The number of hydrogen-bond donors (Lipinski definition) is 2. The molecule has 2 N–H and O–H groups in total. The molecule has 0 bridgehead atoms. The van der Waals surface area contributed by atoms with Crippen LogP contribution in [-0.2, 0) is 10.0 Å². The molecule has 0 aliphatic carbocycles. The van der Waals surface area contributed by atoms with Gasteiger partial charge in [0.05, 0.1) is 5.75 Å². The van der Waals surface area contributed by atoms with E-state index >= 15 is 0 Å². The van der Waals surface area contributed by atoms with Crippen LogP contribution in [0.3, 0.4) is 0 Å². The minimum absolute atomic E-state index is 0.0499. The Labute approximate surface area is 149 Å². The van der Waals surface area contributed by atoms with Crippen LogP contribution in [0.5, 0.6) is 0 Å². The zero-order valence-corrected chi connectivity index (χ0v) is 15.8. The van der Waals surface area contributed by atoms with Crippen molar-refractivity contribution in [2.24, 2.45) is 0 Å².